The predicted molar refractivity (Wildman–Crippen MR) is 99.5 cm³/mol. The molecule has 8 heteroatoms. The molecule has 1 aromatic heterocycles. The summed E-state index contributed by atoms with van der Waals surface area (Å²) in [5.74, 6) is -0.228. The molecule has 0 saturated carbocycles. The second kappa shape index (κ2) is 10.2. The third-order valence-corrected chi connectivity index (χ3v) is 4.56. The molecule has 0 aliphatic carbocycles. The summed E-state index contributed by atoms with van der Waals surface area (Å²) in [4.78, 5) is 33.7. The summed E-state index contributed by atoms with van der Waals surface area (Å²) < 4.78 is 0. The molecular formula is C16H21ClN4O2S. The van der Waals surface area contributed by atoms with E-state index in [0.29, 0.717) is 18.7 Å². The lowest BCUT2D eigenvalue weighted by molar-refractivity contribution is -0.130. The molecule has 1 amide bonds. The number of thioether (sulfide) groups is 1. The molecule has 0 saturated heterocycles. The molecule has 2 unspecified atom stereocenters. The van der Waals surface area contributed by atoms with Gasteiger partial charge < -0.3 is 4.90 Å². The topological polar surface area (TPSA) is 86.5 Å². The summed E-state index contributed by atoms with van der Waals surface area (Å²) in [5.41, 5.74) is 0.606. The molecule has 1 rings (SSSR count). The van der Waals surface area contributed by atoms with Gasteiger partial charge in [0.15, 0.2) is 5.12 Å². The average molecular weight is 369 g/mol. The minimum Gasteiger partial charge on any atom is -0.327 e. The molecule has 24 heavy (non-hydrogen) atoms. The Morgan fingerprint density at radius 1 is 1.50 bits per heavy atom. The van der Waals surface area contributed by atoms with Gasteiger partial charge in [0.05, 0.1) is 17.1 Å². The number of pyridine rings is 1. The SMILES string of the molecule is CCC(SC(C)=O)C(=O)N(CC)C(C=Nc1cccnc1)C(=N)Cl. The normalized spacial score (nSPS) is 13.5. The molecule has 0 aromatic carbocycles. The maximum atomic E-state index is 12.7. The Labute approximate surface area is 151 Å². The zero-order chi connectivity index (χ0) is 18.1. The van der Waals surface area contributed by atoms with Crippen LogP contribution in [-0.4, -0.2) is 50.1 Å². The Hall–Kier alpha value is -1.73. The van der Waals surface area contributed by atoms with Gasteiger partial charge in [-0.2, -0.15) is 0 Å². The molecule has 0 fully saturated rings. The molecule has 1 aromatic rings. The van der Waals surface area contributed by atoms with Crippen molar-refractivity contribution in [1.29, 1.82) is 5.41 Å². The fraction of sp³-hybridized carbons (Fsp3) is 0.438. The number of nitrogens with one attached hydrogen (secondary N) is 1. The summed E-state index contributed by atoms with van der Waals surface area (Å²) in [6.45, 7) is 5.43. The van der Waals surface area contributed by atoms with Crippen LogP contribution in [0.5, 0.6) is 0 Å². The molecule has 130 valence electrons. The van der Waals surface area contributed by atoms with Crippen LogP contribution in [-0.2, 0) is 9.59 Å². The van der Waals surface area contributed by atoms with Gasteiger partial charge in [-0.3, -0.25) is 25.0 Å². The van der Waals surface area contributed by atoms with Crippen molar-refractivity contribution in [2.75, 3.05) is 6.54 Å². The van der Waals surface area contributed by atoms with Crippen LogP contribution in [0.15, 0.2) is 29.5 Å². The van der Waals surface area contributed by atoms with Crippen molar-refractivity contribution in [3.05, 3.63) is 24.5 Å². The minimum atomic E-state index is -0.772. The first-order chi connectivity index (χ1) is 11.4. The van der Waals surface area contributed by atoms with Crippen molar-refractivity contribution < 1.29 is 9.59 Å². The summed E-state index contributed by atoms with van der Waals surface area (Å²) in [6, 6.07) is 2.73. The maximum absolute atomic E-state index is 12.7. The molecule has 0 spiro atoms. The quantitative estimate of drug-likeness (QED) is 0.713. The molecule has 0 bridgehead atoms. The van der Waals surface area contributed by atoms with Crippen molar-refractivity contribution in [2.45, 2.75) is 38.5 Å². The lowest BCUT2D eigenvalue weighted by Gasteiger charge is -2.29. The first-order valence-electron chi connectivity index (χ1n) is 7.56. The average Bonchev–Trinajstić information content (AvgIpc) is 2.56. The van der Waals surface area contributed by atoms with Gasteiger partial charge in [-0.1, -0.05) is 30.3 Å². The fourth-order valence-electron chi connectivity index (χ4n) is 2.05. The van der Waals surface area contributed by atoms with Crippen LogP contribution in [0.4, 0.5) is 5.69 Å². The Bertz CT molecular complexity index is 609. The van der Waals surface area contributed by atoms with E-state index in [1.807, 2.05) is 6.92 Å². The van der Waals surface area contributed by atoms with Gasteiger partial charge in [-0.15, -0.1) is 0 Å². The van der Waals surface area contributed by atoms with E-state index in [9.17, 15) is 9.59 Å². The Morgan fingerprint density at radius 3 is 2.67 bits per heavy atom. The summed E-state index contributed by atoms with van der Waals surface area (Å²) >= 11 is 6.89. The van der Waals surface area contributed by atoms with Crippen LogP contribution in [0.2, 0.25) is 0 Å². The number of nitrogens with zero attached hydrogens (tertiary/aromatic N) is 3. The molecule has 1 N–H and O–H groups in total. The molecule has 0 aliphatic heterocycles. The van der Waals surface area contributed by atoms with Crippen LogP contribution < -0.4 is 0 Å². The molecule has 1 heterocycles. The standard InChI is InChI=1S/C16H21ClN4O2S/c1-4-14(24-11(3)22)16(23)21(5-2)13(15(17)18)10-20-12-7-6-8-19-9-12/h6-10,13-14,18H,4-5H2,1-3H3. The third-order valence-electron chi connectivity index (χ3n) is 3.18. The van der Waals surface area contributed by atoms with Crippen molar-refractivity contribution in [3.8, 4) is 0 Å². The number of amides is 1. The van der Waals surface area contributed by atoms with Crippen molar-refractivity contribution >= 4 is 51.5 Å². The smallest absolute Gasteiger partial charge is 0.237 e. The molecular weight excluding hydrogens is 348 g/mol. The van der Waals surface area contributed by atoms with Gasteiger partial charge in [0, 0.05) is 25.9 Å². The van der Waals surface area contributed by atoms with Gasteiger partial charge in [0.25, 0.3) is 0 Å². The summed E-state index contributed by atoms with van der Waals surface area (Å²) in [7, 11) is 0. The van der Waals surface area contributed by atoms with Crippen molar-refractivity contribution in [3.63, 3.8) is 0 Å². The fourth-order valence-corrected chi connectivity index (χ4v) is 3.03. The van der Waals surface area contributed by atoms with Crippen LogP contribution >= 0.6 is 23.4 Å². The van der Waals surface area contributed by atoms with Gasteiger partial charge in [-0.05, 0) is 25.5 Å². The molecule has 2 atom stereocenters. The Balaban J connectivity index is 3.02. The van der Waals surface area contributed by atoms with Crippen LogP contribution in [0, 0.1) is 5.41 Å². The highest BCUT2D eigenvalue weighted by atomic mass is 35.5. The highest BCUT2D eigenvalue weighted by Crippen LogP contribution is 2.20. The monoisotopic (exact) mass is 368 g/mol. The second-order valence-corrected chi connectivity index (χ2v) is 6.70. The zero-order valence-electron chi connectivity index (χ0n) is 13.9. The molecule has 0 radical (unpaired) electrons. The minimum absolute atomic E-state index is 0.118. The molecule has 0 aliphatic rings. The lowest BCUT2D eigenvalue weighted by Crippen LogP contribution is -2.48. The van der Waals surface area contributed by atoms with Gasteiger partial charge in [0.2, 0.25) is 5.91 Å². The van der Waals surface area contributed by atoms with E-state index >= 15 is 0 Å². The number of carbonyl (C=O) groups excluding carboxylic acids is 2. The van der Waals surface area contributed by atoms with Gasteiger partial charge >= 0.3 is 0 Å². The Kier molecular flexibility index (Phi) is 8.63. The van der Waals surface area contributed by atoms with Crippen molar-refractivity contribution in [1.82, 2.24) is 9.88 Å². The first kappa shape index (κ1) is 20.3. The van der Waals surface area contributed by atoms with E-state index in [1.165, 1.54) is 18.0 Å². The van der Waals surface area contributed by atoms with Crippen LogP contribution in [0.3, 0.4) is 0 Å². The number of hydrogen-bond acceptors (Lipinski definition) is 6. The highest BCUT2D eigenvalue weighted by Gasteiger charge is 2.30. The van der Waals surface area contributed by atoms with Crippen LogP contribution in [0.1, 0.15) is 27.2 Å². The van der Waals surface area contributed by atoms with E-state index in [0.717, 1.165) is 11.8 Å². The first-order valence-corrected chi connectivity index (χ1v) is 8.82. The number of aromatic nitrogens is 1. The van der Waals surface area contributed by atoms with E-state index in [1.54, 1.807) is 31.5 Å². The molecule has 6 nitrogen and oxygen atoms in total. The van der Waals surface area contributed by atoms with E-state index in [4.69, 9.17) is 17.0 Å². The van der Waals surface area contributed by atoms with E-state index in [2.05, 4.69) is 9.98 Å². The number of aliphatic imine (C=N–C) groups is 1. The number of hydrogen-bond donors (Lipinski definition) is 1. The third kappa shape index (κ3) is 6.05. The Morgan fingerprint density at radius 2 is 2.21 bits per heavy atom. The van der Waals surface area contributed by atoms with Crippen LogP contribution in [0.25, 0.3) is 0 Å². The second-order valence-electron chi connectivity index (χ2n) is 4.91. The maximum Gasteiger partial charge on any atom is 0.237 e. The van der Waals surface area contributed by atoms with Crippen molar-refractivity contribution in [2.24, 2.45) is 4.99 Å². The summed E-state index contributed by atoms with van der Waals surface area (Å²) in [5, 5.41) is 6.96. The number of halogens is 1. The largest absolute Gasteiger partial charge is 0.327 e. The summed E-state index contributed by atoms with van der Waals surface area (Å²) in [6.07, 6.45) is 5.18. The number of carbonyl (C=O) groups is 2. The van der Waals surface area contributed by atoms with Gasteiger partial charge in [-0.25, -0.2) is 0 Å². The van der Waals surface area contributed by atoms with E-state index in [-0.39, 0.29) is 16.2 Å². The lowest BCUT2D eigenvalue weighted by atomic mass is 10.2. The van der Waals surface area contributed by atoms with E-state index < -0.39 is 11.3 Å². The zero-order valence-corrected chi connectivity index (χ0v) is 15.5. The highest BCUT2D eigenvalue weighted by molar-refractivity contribution is 8.14. The number of rotatable bonds is 8. The van der Waals surface area contributed by atoms with Gasteiger partial charge in [0.1, 0.15) is 11.2 Å². The predicted octanol–water partition coefficient (Wildman–Crippen LogP) is 3.28.